The van der Waals surface area contributed by atoms with Gasteiger partial charge in [0.15, 0.2) is 10.7 Å². The quantitative estimate of drug-likeness (QED) is 0.697. The Labute approximate surface area is 76.2 Å². The monoisotopic (exact) mass is 231 g/mol. The first-order valence-electron chi connectivity index (χ1n) is 2.98. The van der Waals surface area contributed by atoms with Gasteiger partial charge in [-0.05, 0) is 28.1 Å². The van der Waals surface area contributed by atoms with E-state index >= 15 is 0 Å². The summed E-state index contributed by atoms with van der Waals surface area (Å²) in [6.07, 6.45) is 0. The van der Waals surface area contributed by atoms with Crippen molar-refractivity contribution < 1.29 is 4.52 Å². The van der Waals surface area contributed by atoms with Crippen LogP contribution in [0.5, 0.6) is 0 Å². The fraction of sp³-hybridized carbons (Fsp3) is 0. The molecule has 0 fully saturated rings. The highest BCUT2D eigenvalue weighted by atomic mass is 79.9. The molecular weight excluding hydrogens is 229 g/mol. The molecule has 2 rings (SSSR count). The molecular formula is C7H3BrClNO. The van der Waals surface area contributed by atoms with Crippen molar-refractivity contribution in [2.45, 2.75) is 0 Å². The van der Waals surface area contributed by atoms with Crippen LogP contribution in [0.2, 0.25) is 5.15 Å². The van der Waals surface area contributed by atoms with Crippen LogP contribution in [0.25, 0.3) is 11.0 Å². The van der Waals surface area contributed by atoms with E-state index in [-0.39, 0.29) is 0 Å². The van der Waals surface area contributed by atoms with Gasteiger partial charge in [-0.15, -0.1) is 0 Å². The van der Waals surface area contributed by atoms with Crippen molar-refractivity contribution in [2.24, 2.45) is 0 Å². The van der Waals surface area contributed by atoms with Crippen molar-refractivity contribution in [1.29, 1.82) is 0 Å². The van der Waals surface area contributed by atoms with E-state index in [1.165, 1.54) is 0 Å². The fourth-order valence-corrected chi connectivity index (χ4v) is 1.52. The van der Waals surface area contributed by atoms with E-state index in [9.17, 15) is 0 Å². The molecule has 0 spiro atoms. The molecule has 0 amide bonds. The topological polar surface area (TPSA) is 26.0 Å². The number of benzene rings is 1. The van der Waals surface area contributed by atoms with Crippen molar-refractivity contribution >= 4 is 38.5 Å². The molecule has 4 heteroatoms. The Morgan fingerprint density at radius 1 is 1.45 bits per heavy atom. The van der Waals surface area contributed by atoms with Crippen molar-refractivity contribution in [3.63, 3.8) is 0 Å². The van der Waals surface area contributed by atoms with Crippen LogP contribution in [0, 0.1) is 0 Å². The summed E-state index contributed by atoms with van der Waals surface area (Å²) in [4.78, 5) is 0. The molecule has 2 nitrogen and oxygen atoms in total. The van der Waals surface area contributed by atoms with Gasteiger partial charge in [0.1, 0.15) is 0 Å². The second kappa shape index (κ2) is 2.50. The van der Waals surface area contributed by atoms with Crippen LogP contribution in [0.1, 0.15) is 0 Å². The van der Waals surface area contributed by atoms with E-state index in [2.05, 4.69) is 21.1 Å². The van der Waals surface area contributed by atoms with Crippen molar-refractivity contribution in [3.8, 4) is 0 Å². The van der Waals surface area contributed by atoms with E-state index in [0.717, 1.165) is 9.86 Å². The fourth-order valence-electron chi connectivity index (χ4n) is 0.899. The molecule has 0 unspecified atom stereocenters. The average molecular weight is 232 g/mol. The number of aromatic nitrogens is 1. The SMILES string of the molecule is Clc1noc2c(Br)cccc12. The summed E-state index contributed by atoms with van der Waals surface area (Å²) in [6.45, 7) is 0. The Kier molecular flexibility index (Phi) is 1.62. The van der Waals surface area contributed by atoms with E-state index in [0.29, 0.717) is 10.7 Å². The smallest absolute Gasteiger partial charge is 0.182 e. The van der Waals surface area contributed by atoms with Crippen molar-refractivity contribution in [2.75, 3.05) is 0 Å². The molecule has 0 saturated heterocycles. The molecule has 0 radical (unpaired) electrons. The van der Waals surface area contributed by atoms with E-state index in [4.69, 9.17) is 16.1 Å². The first-order chi connectivity index (χ1) is 5.29. The maximum Gasteiger partial charge on any atom is 0.182 e. The molecule has 0 atom stereocenters. The van der Waals surface area contributed by atoms with Crippen LogP contribution >= 0.6 is 27.5 Å². The third kappa shape index (κ3) is 1.04. The highest BCUT2D eigenvalue weighted by Crippen LogP contribution is 2.28. The Hall–Kier alpha value is -0.540. The van der Waals surface area contributed by atoms with Crippen molar-refractivity contribution in [1.82, 2.24) is 5.16 Å². The van der Waals surface area contributed by atoms with Gasteiger partial charge >= 0.3 is 0 Å². The molecule has 0 aliphatic rings. The Morgan fingerprint density at radius 3 is 3.00 bits per heavy atom. The van der Waals surface area contributed by atoms with Crippen LogP contribution in [0.15, 0.2) is 27.2 Å². The van der Waals surface area contributed by atoms with Gasteiger partial charge in [-0.25, -0.2) is 0 Å². The highest BCUT2D eigenvalue weighted by Gasteiger charge is 2.06. The highest BCUT2D eigenvalue weighted by molar-refractivity contribution is 9.10. The van der Waals surface area contributed by atoms with Crippen LogP contribution in [-0.4, -0.2) is 5.16 Å². The molecule has 0 N–H and O–H groups in total. The number of para-hydroxylation sites is 1. The van der Waals surface area contributed by atoms with Crippen LogP contribution < -0.4 is 0 Å². The van der Waals surface area contributed by atoms with Gasteiger partial charge in [0.25, 0.3) is 0 Å². The molecule has 1 aromatic heterocycles. The number of rotatable bonds is 0. The molecule has 11 heavy (non-hydrogen) atoms. The third-order valence-corrected chi connectivity index (χ3v) is 2.30. The van der Waals surface area contributed by atoms with Gasteiger partial charge in [-0.1, -0.05) is 22.8 Å². The van der Waals surface area contributed by atoms with E-state index in [1.807, 2.05) is 18.2 Å². The third-order valence-electron chi connectivity index (χ3n) is 1.41. The molecule has 0 saturated carbocycles. The standard InChI is InChI=1S/C7H3BrClNO/c8-5-3-1-2-4-6(5)11-10-7(4)9/h1-3H. The molecule has 0 aliphatic heterocycles. The number of fused-ring (bicyclic) bond motifs is 1. The lowest BCUT2D eigenvalue weighted by atomic mass is 10.3. The Morgan fingerprint density at radius 2 is 2.27 bits per heavy atom. The minimum atomic E-state index is 0.404. The number of hydrogen-bond acceptors (Lipinski definition) is 2. The van der Waals surface area contributed by atoms with E-state index in [1.54, 1.807) is 0 Å². The lowest BCUT2D eigenvalue weighted by Crippen LogP contribution is -1.65. The van der Waals surface area contributed by atoms with Crippen LogP contribution in [0.3, 0.4) is 0 Å². The predicted octanol–water partition coefficient (Wildman–Crippen LogP) is 3.24. The minimum absolute atomic E-state index is 0.404. The van der Waals surface area contributed by atoms with Gasteiger partial charge < -0.3 is 4.52 Å². The molecule has 1 aromatic carbocycles. The van der Waals surface area contributed by atoms with E-state index < -0.39 is 0 Å². The first-order valence-corrected chi connectivity index (χ1v) is 4.15. The van der Waals surface area contributed by atoms with Crippen LogP contribution in [-0.2, 0) is 0 Å². The molecule has 1 heterocycles. The van der Waals surface area contributed by atoms with Crippen molar-refractivity contribution in [3.05, 3.63) is 27.8 Å². The van der Waals surface area contributed by atoms with Gasteiger partial charge in [0.05, 0.1) is 9.86 Å². The summed E-state index contributed by atoms with van der Waals surface area (Å²) in [5.41, 5.74) is 0.692. The second-order valence-electron chi connectivity index (χ2n) is 2.09. The summed E-state index contributed by atoms with van der Waals surface area (Å²) >= 11 is 9.04. The maximum atomic E-state index is 5.72. The Balaban J connectivity index is 2.94. The molecule has 56 valence electrons. The second-order valence-corrected chi connectivity index (χ2v) is 3.30. The van der Waals surface area contributed by atoms with Gasteiger partial charge in [-0.2, -0.15) is 0 Å². The summed E-state index contributed by atoms with van der Waals surface area (Å²) in [5.74, 6) is 0. The number of hydrogen-bond donors (Lipinski definition) is 0. The Bertz CT molecular complexity index is 398. The largest absolute Gasteiger partial charge is 0.354 e. The average Bonchev–Trinajstić information content (AvgIpc) is 2.35. The number of nitrogens with zero attached hydrogens (tertiary/aromatic N) is 1. The van der Waals surface area contributed by atoms with Gasteiger partial charge in [-0.3, -0.25) is 0 Å². The number of halogens is 2. The summed E-state index contributed by atoms with van der Waals surface area (Å²) in [6, 6.07) is 5.62. The maximum absolute atomic E-state index is 5.72. The zero-order valence-electron chi connectivity index (χ0n) is 5.34. The summed E-state index contributed by atoms with van der Waals surface area (Å²) in [5, 5.41) is 4.86. The van der Waals surface area contributed by atoms with Gasteiger partial charge in [0, 0.05) is 0 Å². The normalized spacial score (nSPS) is 10.7. The lowest BCUT2D eigenvalue weighted by molar-refractivity contribution is 0.455. The zero-order chi connectivity index (χ0) is 7.84. The molecule has 0 aliphatic carbocycles. The first kappa shape index (κ1) is 7.13. The summed E-state index contributed by atoms with van der Waals surface area (Å²) < 4.78 is 5.82. The minimum Gasteiger partial charge on any atom is -0.354 e. The predicted molar refractivity (Wildman–Crippen MR) is 46.7 cm³/mol. The van der Waals surface area contributed by atoms with Gasteiger partial charge in [0.2, 0.25) is 0 Å². The molecule has 0 bridgehead atoms. The zero-order valence-corrected chi connectivity index (χ0v) is 7.69. The summed E-state index contributed by atoms with van der Waals surface area (Å²) in [7, 11) is 0. The molecule has 2 aromatic rings. The lowest BCUT2D eigenvalue weighted by Gasteiger charge is -1.87. The van der Waals surface area contributed by atoms with Crippen LogP contribution in [0.4, 0.5) is 0 Å².